The Hall–Kier alpha value is -3.32. The molecule has 6 bridgehead atoms. The van der Waals surface area contributed by atoms with Crippen molar-refractivity contribution in [2.75, 3.05) is 4.90 Å². The summed E-state index contributed by atoms with van der Waals surface area (Å²) in [5, 5.41) is 0. The first kappa shape index (κ1) is 26.0. The van der Waals surface area contributed by atoms with Gasteiger partial charge in [-0.1, -0.05) is 74.9 Å². The van der Waals surface area contributed by atoms with Crippen LogP contribution < -0.4 is 4.90 Å². The van der Waals surface area contributed by atoms with Gasteiger partial charge in [-0.3, -0.25) is 0 Å². The van der Waals surface area contributed by atoms with Gasteiger partial charge >= 0.3 is 0 Å². The molecule has 0 N–H and O–H groups in total. The van der Waals surface area contributed by atoms with E-state index >= 15 is 0 Å². The van der Waals surface area contributed by atoms with Gasteiger partial charge in [0.25, 0.3) is 0 Å². The lowest BCUT2D eigenvalue weighted by molar-refractivity contribution is 0.229. The highest BCUT2D eigenvalue weighted by molar-refractivity contribution is 5.85. The van der Waals surface area contributed by atoms with Crippen LogP contribution >= 0.6 is 0 Å². The standard InChI is InChI=1S/C43H45N/c1-42(2)40-6-4-3-5-37(40)38-18-17-36(23-41(38)42)44(34-13-9-29(10-14-34)39-22-27-7-8-30(39)19-27)35-15-11-33(12-16-35)43-24-28-20-31(25-43)32(21-28)26-43/h3-6,9-18,23,27-28,30-32,39H,7-8,19-22,24-26H2,1-2H3. The van der Waals surface area contributed by atoms with Crippen LogP contribution in [0.5, 0.6) is 0 Å². The topological polar surface area (TPSA) is 3.24 Å². The summed E-state index contributed by atoms with van der Waals surface area (Å²) >= 11 is 0. The maximum Gasteiger partial charge on any atom is 0.0465 e. The Kier molecular flexibility index (Phi) is 5.38. The minimum absolute atomic E-state index is 0.0108. The van der Waals surface area contributed by atoms with Crippen LogP contribution in [0.1, 0.15) is 99.8 Å². The van der Waals surface area contributed by atoms with Gasteiger partial charge in [0.1, 0.15) is 0 Å². The van der Waals surface area contributed by atoms with Crippen LogP contribution in [0, 0.1) is 29.6 Å². The number of nitrogens with zero attached hydrogens (tertiary/aromatic N) is 1. The summed E-state index contributed by atoms with van der Waals surface area (Å²) in [6, 6.07) is 35.9. The molecule has 5 atom stereocenters. The minimum Gasteiger partial charge on any atom is -0.310 e. The predicted molar refractivity (Wildman–Crippen MR) is 182 cm³/mol. The van der Waals surface area contributed by atoms with Gasteiger partial charge in [0.05, 0.1) is 0 Å². The number of anilines is 3. The molecule has 7 aliphatic carbocycles. The molecule has 6 fully saturated rings. The lowest BCUT2D eigenvalue weighted by atomic mass is 9.66. The summed E-state index contributed by atoms with van der Waals surface area (Å²) in [5.74, 6) is 5.63. The lowest BCUT2D eigenvalue weighted by Gasteiger charge is -2.39. The smallest absolute Gasteiger partial charge is 0.0465 e. The van der Waals surface area contributed by atoms with E-state index in [0.29, 0.717) is 5.41 Å². The number of benzene rings is 4. The van der Waals surface area contributed by atoms with Crippen LogP contribution in [0.4, 0.5) is 17.1 Å². The zero-order chi connectivity index (χ0) is 29.2. The maximum atomic E-state index is 2.53. The van der Waals surface area contributed by atoms with E-state index < -0.39 is 0 Å². The molecule has 0 heterocycles. The SMILES string of the molecule is CC1(C)c2ccccc2-c2ccc(N(c3ccc(C4CC5CCC4C5)cc3)c3ccc(C45CC6CC(C4)C(C6)C5)cc3)cc21. The van der Waals surface area contributed by atoms with Gasteiger partial charge in [-0.15, -0.1) is 0 Å². The summed E-state index contributed by atoms with van der Waals surface area (Å²) in [5.41, 5.74) is 13.1. The van der Waals surface area contributed by atoms with Gasteiger partial charge in [-0.2, -0.15) is 0 Å². The average Bonchev–Trinajstić information content (AvgIpc) is 3.84. The van der Waals surface area contributed by atoms with Gasteiger partial charge < -0.3 is 4.90 Å². The van der Waals surface area contributed by atoms with Crippen molar-refractivity contribution in [3.63, 3.8) is 0 Å². The van der Waals surface area contributed by atoms with E-state index in [0.717, 1.165) is 35.5 Å². The summed E-state index contributed by atoms with van der Waals surface area (Å²) in [4.78, 5) is 2.53. The molecular formula is C43H45N. The molecule has 11 rings (SSSR count). The molecular weight excluding hydrogens is 530 g/mol. The fourth-order valence-corrected chi connectivity index (χ4v) is 11.9. The lowest BCUT2D eigenvalue weighted by Crippen LogP contribution is -2.31. The molecule has 4 aromatic carbocycles. The molecule has 0 amide bonds. The van der Waals surface area contributed by atoms with Crippen molar-refractivity contribution in [1.82, 2.24) is 0 Å². The van der Waals surface area contributed by atoms with Crippen molar-refractivity contribution in [1.29, 1.82) is 0 Å². The number of hydrogen-bond acceptors (Lipinski definition) is 1. The van der Waals surface area contributed by atoms with E-state index in [1.54, 1.807) is 11.1 Å². The second kappa shape index (κ2) is 9.12. The quantitative estimate of drug-likeness (QED) is 0.229. The van der Waals surface area contributed by atoms with Crippen LogP contribution in [-0.4, -0.2) is 0 Å². The molecule has 0 spiro atoms. The Balaban J connectivity index is 1.05. The van der Waals surface area contributed by atoms with E-state index in [-0.39, 0.29) is 5.41 Å². The van der Waals surface area contributed by atoms with E-state index in [9.17, 15) is 0 Å². The number of hydrogen-bond donors (Lipinski definition) is 0. The number of fused-ring (bicyclic) bond motifs is 5. The number of rotatable bonds is 5. The van der Waals surface area contributed by atoms with Crippen LogP contribution in [-0.2, 0) is 10.8 Å². The second-order valence-corrected chi connectivity index (χ2v) is 16.4. The van der Waals surface area contributed by atoms with Crippen LogP contribution in [0.3, 0.4) is 0 Å². The molecule has 1 heteroatoms. The van der Waals surface area contributed by atoms with Gasteiger partial charge in [0.15, 0.2) is 0 Å². The second-order valence-electron chi connectivity index (χ2n) is 16.4. The summed E-state index contributed by atoms with van der Waals surface area (Å²) < 4.78 is 0. The molecule has 0 saturated heterocycles. The third kappa shape index (κ3) is 3.65. The van der Waals surface area contributed by atoms with E-state index in [2.05, 4.69) is 110 Å². The highest BCUT2D eigenvalue weighted by atomic mass is 15.1. The molecule has 4 aromatic rings. The molecule has 7 aliphatic rings. The Morgan fingerprint density at radius 1 is 0.568 bits per heavy atom. The third-order valence-electron chi connectivity index (χ3n) is 13.8. The molecule has 44 heavy (non-hydrogen) atoms. The Morgan fingerprint density at radius 3 is 1.91 bits per heavy atom. The Labute approximate surface area is 263 Å². The van der Waals surface area contributed by atoms with Crippen molar-refractivity contribution >= 4 is 17.1 Å². The van der Waals surface area contributed by atoms with E-state index in [1.165, 1.54) is 97.1 Å². The molecule has 1 nitrogen and oxygen atoms in total. The van der Waals surface area contributed by atoms with Crippen molar-refractivity contribution in [3.8, 4) is 11.1 Å². The Morgan fingerprint density at radius 2 is 1.23 bits per heavy atom. The van der Waals surface area contributed by atoms with Crippen molar-refractivity contribution in [2.45, 2.75) is 88.4 Å². The largest absolute Gasteiger partial charge is 0.310 e. The highest BCUT2D eigenvalue weighted by Crippen LogP contribution is 2.65. The molecule has 0 aromatic heterocycles. The molecule has 222 valence electrons. The van der Waals surface area contributed by atoms with Gasteiger partial charge in [-0.25, -0.2) is 0 Å². The average molecular weight is 576 g/mol. The Bertz CT molecular complexity index is 1740. The molecule has 6 saturated carbocycles. The maximum absolute atomic E-state index is 2.53. The fraction of sp³-hybridized carbons (Fsp3) is 0.442. The van der Waals surface area contributed by atoms with Crippen molar-refractivity contribution < 1.29 is 0 Å². The van der Waals surface area contributed by atoms with Crippen LogP contribution in [0.2, 0.25) is 0 Å². The van der Waals surface area contributed by atoms with Crippen molar-refractivity contribution in [3.05, 3.63) is 113 Å². The summed E-state index contributed by atoms with van der Waals surface area (Å²) in [7, 11) is 0. The summed E-state index contributed by atoms with van der Waals surface area (Å²) in [6.45, 7) is 4.79. The van der Waals surface area contributed by atoms with Gasteiger partial charge in [0.2, 0.25) is 0 Å². The van der Waals surface area contributed by atoms with E-state index in [1.807, 2.05) is 0 Å². The third-order valence-corrected chi connectivity index (χ3v) is 13.8. The first-order chi connectivity index (χ1) is 21.4. The first-order valence-corrected chi connectivity index (χ1v) is 17.7. The minimum atomic E-state index is -0.0108. The summed E-state index contributed by atoms with van der Waals surface area (Å²) in [6.07, 6.45) is 13.1. The molecule has 0 radical (unpaired) electrons. The van der Waals surface area contributed by atoms with Gasteiger partial charge in [-0.05, 0) is 162 Å². The normalized spacial score (nSPS) is 33.1. The molecule has 5 unspecified atom stereocenters. The predicted octanol–water partition coefficient (Wildman–Crippen LogP) is 11.4. The van der Waals surface area contributed by atoms with Crippen molar-refractivity contribution in [2.24, 2.45) is 29.6 Å². The molecule has 0 aliphatic heterocycles. The zero-order valence-corrected chi connectivity index (χ0v) is 26.4. The van der Waals surface area contributed by atoms with Gasteiger partial charge in [0, 0.05) is 22.5 Å². The zero-order valence-electron chi connectivity index (χ0n) is 26.4. The first-order valence-electron chi connectivity index (χ1n) is 17.7. The highest BCUT2D eigenvalue weighted by Gasteiger charge is 2.56. The van der Waals surface area contributed by atoms with E-state index in [4.69, 9.17) is 0 Å². The van der Waals surface area contributed by atoms with Crippen LogP contribution in [0.15, 0.2) is 91.0 Å². The fourth-order valence-electron chi connectivity index (χ4n) is 11.9. The monoisotopic (exact) mass is 575 g/mol. The van der Waals surface area contributed by atoms with Crippen LogP contribution in [0.25, 0.3) is 11.1 Å².